The second-order valence-electron chi connectivity index (χ2n) is 4.08. The van der Waals surface area contributed by atoms with E-state index < -0.39 is 5.41 Å². The molecule has 1 rings (SSSR count). The zero-order valence-corrected chi connectivity index (χ0v) is 9.11. The minimum absolute atomic E-state index is 0.202. The molecular formula is C10H14N4O. The summed E-state index contributed by atoms with van der Waals surface area (Å²) in [6.45, 7) is 3.88. The number of hydrogen-bond acceptors (Lipinski definition) is 3. The number of aromatic nitrogens is 2. The van der Waals surface area contributed by atoms with E-state index in [1.807, 2.05) is 0 Å². The summed E-state index contributed by atoms with van der Waals surface area (Å²) < 4.78 is 1.56. The van der Waals surface area contributed by atoms with E-state index in [1.54, 1.807) is 31.8 Å². The van der Waals surface area contributed by atoms with Crippen LogP contribution < -0.4 is 5.32 Å². The number of carbonyl (C=O) groups excluding carboxylic acids is 1. The molecule has 1 N–H and O–H groups in total. The van der Waals surface area contributed by atoms with Gasteiger partial charge in [-0.15, -0.1) is 0 Å². The quantitative estimate of drug-likeness (QED) is 0.791. The number of nitriles is 1. The Bertz CT molecular complexity index is 400. The molecule has 5 nitrogen and oxygen atoms in total. The summed E-state index contributed by atoms with van der Waals surface area (Å²) in [7, 11) is 1.75. The van der Waals surface area contributed by atoms with Crippen LogP contribution >= 0.6 is 0 Å². The fraction of sp³-hybridized carbons (Fsp3) is 0.500. The molecule has 0 aromatic carbocycles. The number of amides is 1. The predicted octanol–water partition coefficient (Wildman–Crippen LogP) is 0.700. The van der Waals surface area contributed by atoms with Crippen molar-refractivity contribution >= 4 is 5.91 Å². The summed E-state index contributed by atoms with van der Waals surface area (Å²) >= 11 is 0. The standard InChI is InChI=1S/C10H14N4O/c1-10(2,6-11)7-12-9(15)8-4-13-14(3)5-8/h4-5H,7H2,1-3H3,(H,12,15). The largest absolute Gasteiger partial charge is 0.350 e. The lowest BCUT2D eigenvalue weighted by Crippen LogP contribution is -2.32. The van der Waals surface area contributed by atoms with Crippen LogP contribution in [-0.4, -0.2) is 22.2 Å². The van der Waals surface area contributed by atoms with E-state index in [9.17, 15) is 4.79 Å². The average Bonchev–Trinajstić information content (AvgIpc) is 2.61. The molecule has 15 heavy (non-hydrogen) atoms. The van der Waals surface area contributed by atoms with Crippen molar-refractivity contribution in [3.8, 4) is 6.07 Å². The lowest BCUT2D eigenvalue weighted by molar-refractivity contribution is 0.0943. The molecule has 0 aliphatic carbocycles. The third kappa shape index (κ3) is 3.09. The van der Waals surface area contributed by atoms with Crippen LogP contribution in [-0.2, 0) is 7.05 Å². The lowest BCUT2D eigenvalue weighted by Gasteiger charge is -2.15. The molecule has 1 heterocycles. The summed E-state index contributed by atoms with van der Waals surface area (Å²) in [6.07, 6.45) is 3.13. The highest BCUT2D eigenvalue weighted by molar-refractivity contribution is 5.93. The Balaban J connectivity index is 2.55. The van der Waals surface area contributed by atoms with Gasteiger partial charge >= 0.3 is 0 Å². The van der Waals surface area contributed by atoms with Crippen molar-refractivity contribution in [2.24, 2.45) is 12.5 Å². The number of aryl methyl sites for hydroxylation is 1. The van der Waals surface area contributed by atoms with Gasteiger partial charge in [-0.2, -0.15) is 10.4 Å². The van der Waals surface area contributed by atoms with Gasteiger partial charge in [0.2, 0.25) is 0 Å². The van der Waals surface area contributed by atoms with Gasteiger partial charge in [-0.3, -0.25) is 9.48 Å². The van der Waals surface area contributed by atoms with Crippen molar-refractivity contribution in [3.05, 3.63) is 18.0 Å². The van der Waals surface area contributed by atoms with Gasteiger partial charge in [-0.1, -0.05) is 0 Å². The Morgan fingerprint density at radius 2 is 2.40 bits per heavy atom. The van der Waals surface area contributed by atoms with Crippen molar-refractivity contribution < 1.29 is 4.79 Å². The Morgan fingerprint density at radius 1 is 1.73 bits per heavy atom. The molecule has 0 aliphatic rings. The maximum absolute atomic E-state index is 11.5. The van der Waals surface area contributed by atoms with Gasteiger partial charge in [0, 0.05) is 19.8 Å². The first kappa shape index (κ1) is 11.2. The van der Waals surface area contributed by atoms with Crippen LogP contribution in [0, 0.1) is 16.7 Å². The number of nitrogens with one attached hydrogen (secondary N) is 1. The number of carbonyl (C=O) groups is 1. The molecule has 5 heteroatoms. The molecule has 0 spiro atoms. The molecule has 1 aromatic rings. The molecule has 0 radical (unpaired) electrons. The minimum Gasteiger partial charge on any atom is -0.350 e. The van der Waals surface area contributed by atoms with Crippen molar-refractivity contribution in [2.75, 3.05) is 6.54 Å². The molecule has 0 atom stereocenters. The number of rotatable bonds is 3. The first-order valence-corrected chi connectivity index (χ1v) is 4.63. The SMILES string of the molecule is Cn1cc(C(=O)NCC(C)(C)C#N)cn1. The molecule has 1 amide bonds. The summed E-state index contributed by atoms with van der Waals surface area (Å²) in [5.74, 6) is -0.202. The van der Waals surface area contributed by atoms with Gasteiger partial charge in [0.25, 0.3) is 5.91 Å². The highest BCUT2D eigenvalue weighted by atomic mass is 16.1. The minimum atomic E-state index is -0.544. The Kier molecular flexibility index (Phi) is 3.10. The molecule has 0 aliphatic heterocycles. The van der Waals surface area contributed by atoms with E-state index in [0.717, 1.165) is 0 Å². The van der Waals surface area contributed by atoms with Gasteiger partial charge in [0.1, 0.15) is 0 Å². The van der Waals surface area contributed by atoms with E-state index in [2.05, 4.69) is 16.5 Å². The van der Waals surface area contributed by atoms with Gasteiger partial charge in [0.15, 0.2) is 0 Å². The van der Waals surface area contributed by atoms with Crippen LogP contribution in [0.2, 0.25) is 0 Å². The smallest absolute Gasteiger partial charge is 0.254 e. The van der Waals surface area contributed by atoms with E-state index in [4.69, 9.17) is 5.26 Å². The summed E-state index contributed by atoms with van der Waals surface area (Å²) in [6, 6.07) is 2.12. The first-order valence-electron chi connectivity index (χ1n) is 4.63. The predicted molar refractivity (Wildman–Crippen MR) is 54.9 cm³/mol. The molecule has 0 unspecified atom stereocenters. The fourth-order valence-corrected chi connectivity index (χ4v) is 0.981. The lowest BCUT2D eigenvalue weighted by atomic mass is 9.96. The van der Waals surface area contributed by atoms with Crippen molar-refractivity contribution in [1.29, 1.82) is 5.26 Å². The Hall–Kier alpha value is -1.83. The fourth-order valence-electron chi connectivity index (χ4n) is 0.981. The molecule has 0 bridgehead atoms. The maximum Gasteiger partial charge on any atom is 0.254 e. The van der Waals surface area contributed by atoms with Crippen LogP contribution in [0.4, 0.5) is 0 Å². The second-order valence-corrected chi connectivity index (χ2v) is 4.08. The Morgan fingerprint density at radius 3 is 2.87 bits per heavy atom. The second kappa shape index (κ2) is 4.13. The van der Waals surface area contributed by atoms with Crippen LogP contribution in [0.25, 0.3) is 0 Å². The van der Waals surface area contributed by atoms with E-state index >= 15 is 0 Å². The summed E-state index contributed by atoms with van der Waals surface area (Å²) in [4.78, 5) is 11.5. The molecule has 80 valence electrons. The van der Waals surface area contributed by atoms with Crippen LogP contribution in [0.1, 0.15) is 24.2 Å². The topological polar surface area (TPSA) is 70.7 Å². The highest BCUT2D eigenvalue weighted by Crippen LogP contribution is 2.10. The first-order chi connectivity index (χ1) is 6.94. The molecule has 0 fully saturated rings. The van der Waals surface area contributed by atoms with Crippen molar-refractivity contribution in [1.82, 2.24) is 15.1 Å². The molecule has 0 saturated heterocycles. The zero-order valence-electron chi connectivity index (χ0n) is 9.11. The van der Waals surface area contributed by atoms with E-state index in [-0.39, 0.29) is 5.91 Å². The van der Waals surface area contributed by atoms with E-state index in [1.165, 1.54) is 6.20 Å². The van der Waals surface area contributed by atoms with Gasteiger partial charge < -0.3 is 5.32 Å². The third-order valence-electron chi connectivity index (χ3n) is 1.96. The monoisotopic (exact) mass is 206 g/mol. The average molecular weight is 206 g/mol. The third-order valence-corrected chi connectivity index (χ3v) is 1.96. The molecule has 0 saturated carbocycles. The molecular weight excluding hydrogens is 192 g/mol. The Labute approximate surface area is 88.7 Å². The van der Waals surface area contributed by atoms with Crippen LogP contribution in [0.3, 0.4) is 0 Å². The normalized spacial score (nSPS) is 10.8. The number of nitrogens with zero attached hydrogens (tertiary/aromatic N) is 3. The van der Waals surface area contributed by atoms with Gasteiger partial charge in [0.05, 0.1) is 23.2 Å². The summed E-state index contributed by atoms with van der Waals surface area (Å²) in [5, 5.41) is 15.3. The van der Waals surface area contributed by atoms with Crippen LogP contribution in [0.5, 0.6) is 0 Å². The van der Waals surface area contributed by atoms with Gasteiger partial charge in [-0.25, -0.2) is 0 Å². The van der Waals surface area contributed by atoms with Crippen LogP contribution in [0.15, 0.2) is 12.4 Å². The van der Waals surface area contributed by atoms with Crippen molar-refractivity contribution in [2.45, 2.75) is 13.8 Å². The van der Waals surface area contributed by atoms with Crippen molar-refractivity contribution in [3.63, 3.8) is 0 Å². The molecule has 1 aromatic heterocycles. The number of hydrogen-bond donors (Lipinski definition) is 1. The van der Waals surface area contributed by atoms with E-state index in [0.29, 0.717) is 12.1 Å². The maximum atomic E-state index is 11.5. The summed E-state index contributed by atoms with van der Waals surface area (Å²) in [5.41, 5.74) is -0.0380. The zero-order chi connectivity index (χ0) is 11.5. The highest BCUT2D eigenvalue weighted by Gasteiger charge is 2.18. The van der Waals surface area contributed by atoms with Gasteiger partial charge in [-0.05, 0) is 13.8 Å².